The minimum atomic E-state index is -0.453. The number of nitrogens with one attached hydrogen (secondary N) is 2. The number of anilines is 4. The zero-order valence-electron chi connectivity index (χ0n) is 19.6. The highest BCUT2D eigenvalue weighted by molar-refractivity contribution is 6.30. The molecule has 37 heavy (non-hydrogen) atoms. The highest BCUT2D eigenvalue weighted by atomic mass is 35.5. The molecule has 2 heterocycles. The van der Waals surface area contributed by atoms with Crippen LogP contribution in [0.3, 0.4) is 0 Å². The van der Waals surface area contributed by atoms with Crippen molar-refractivity contribution in [1.29, 1.82) is 5.26 Å². The van der Waals surface area contributed by atoms with Gasteiger partial charge in [-0.3, -0.25) is 4.79 Å². The first-order valence-corrected chi connectivity index (χ1v) is 11.5. The summed E-state index contributed by atoms with van der Waals surface area (Å²) < 4.78 is 6.51. The van der Waals surface area contributed by atoms with Crippen molar-refractivity contribution in [3.05, 3.63) is 95.0 Å². The van der Waals surface area contributed by atoms with Crippen LogP contribution in [0.4, 0.5) is 23.0 Å². The molecular weight excluding hydrogens is 490 g/mol. The Morgan fingerprint density at radius 3 is 2.49 bits per heavy atom. The summed E-state index contributed by atoms with van der Waals surface area (Å²) in [4.78, 5) is 18.3. The highest BCUT2D eigenvalue weighted by Crippen LogP contribution is 2.32. The van der Waals surface area contributed by atoms with E-state index in [4.69, 9.17) is 22.1 Å². The third kappa shape index (κ3) is 4.61. The van der Waals surface area contributed by atoms with Crippen molar-refractivity contribution in [1.82, 2.24) is 14.6 Å². The van der Waals surface area contributed by atoms with Crippen molar-refractivity contribution in [3.8, 4) is 23.1 Å². The zero-order valence-corrected chi connectivity index (χ0v) is 20.3. The van der Waals surface area contributed by atoms with Gasteiger partial charge in [0.2, 0.25) is 0 Å². The van der Waals surface area contributed by atoms with E-state index < -0.39 is 5.91 Å². The Hall–Kier alpha value is -5.07. The van der Waals surface area contributed by atoms with E-state index in [2.05, 4.69) is 26.8 Å². The maximum absolute atomic E-state index is 13.6. The van der Waals surface area contributed by atoms with Crippen LogP contribution in [0.25, 0.3) is 16.9 Å². The van der Waals surface area contributed by atoms with Crippen molar-refractivity contribution in [2.45, 2.75) is 0 Å². The number of hydrogen-bond acceptors (Lipinski definition) is 7. The number of nitrogen functional groups attached to an aromatic ring is 1. The Balaban J connectivity index is 1.71. The van der Waals surface area contributed by atoms with Crippen LogP contribution in [0.5, 0.6) is 5.75 Å². The summed E-state index contributed by atoms with van der Waals surface area (Å²) in [6, 6.07) is 25.2. The number of nitrogens with zero attached hydrogens (tertiary/aromatic N) is 4. The Labute approximate surface area is 217 Å². The monoisotopic (exact) mass is 509 g/mol. The first-order valence-electron chi connectivity index (χ1n) is 11.1. The van der Waals surface area contributed by atoms with Crippen LogP contribution >= 0.6 is 11.6 Å². The average molecular weight is 510 g/mol. The second-order valence-electron chi connectivity index (χ2n) is 7.98. The Kier molecular flexibility index (Phi) is 6.32. The molecule has 0 atom stereocenters. The number of carbonyl (C=O) groups is 1. The third-order valence-corrected chi connectivity index (χ3v) is 5.86. The van der Waals surface area contributed by atoms with Crippen LogP contribution in [0.1, 0.15) is 15.9 Å². The van der Waals surface area contributed by atoms with Gasteiger partial charge in [0.05, 0.1) is 12.8 Å². The first-order chi connectivity index (χ1) is 18.0. The van der Waals surface area contributed by atoms with Crippen molar-refractivity contribution < 1.29 is 9.53 Å². The molecule has 182 valence electrons. The summed E-state index contributed by atoms with van der Waals surface area (Å²) >= 11 is 6.19. The lowest BCUT2D eigenvalue weighted by Gasteiger charge is -2.10. The standard InChI is InChI=1S/C27H20ClN7O2/c1-37-20-12-10-19(11-13-20)31-25-22(27(36)32-18-8-3-2-4-9-18)26-33-23(16-6-5-7-17(28)14-16)21(15-29)24(30)35(26)34-25/h2-14H,30H2,1H3,(H,31,34)(H,32,36). The quantitative estimate of drug-likeness (QED) is 0.275. The molecule has 9 nitrogen and oxygen atoms in total. The Morgan fingerprint density at radius 1 is 1.05 bits per heavy atom. The third-order valence-electron chi connectivity index (χ3n) is 5.62. The van der Waals surface area contributed by atoms with E-state index in [0.29, 0.717) is 33.4 Å². The van der Waals surface area contributed by atoms with Gasteiger partial charge in [0.1, 0.15) is 28.8 Å². The van der Waals surface area contributed by atoms with Gasteiger partial charge in [-0.15, -0.1) is 5.10 Å². The smallest absolute Gasteiger partial charge is 0.263 e. The lowest BCUT2D eigenvalue weighted by Crippen LogP contribution is -2.14. The number of rotatable bonds is 6. The number of fused-ring (bicyclic) bond motifs is 1. The number of amides is 1. The summed E-state index contributed by atoms with van der Waals surface area (Å²) in [6.07, 6.45) is 0. The predicted molar refractivity (Wildman–Crippen MR) is 143 cm³/mol. The van der Waals surface area contributed by atoms with Gasteiger partial charge < -0.3 is 21.1 Å². The van der Waals surface area contributed by atoms with Crippen LogP contribution in [0.2, 0.25) is 5.02 Å². The van der Waals surface area contributed by atoms with Crippen LogP contribution in [0.15, 0.2) is 78.9 Å². The van der Waals surface area contributed by atoms with Gasteiger partial charge in [-0.25, -0.2) is 4.98 Å². The summed E-state index contributed by atoms with van der Waals surface area (Å²) in [5, 5.41) is 20.9. The van der Waals surface area contributed by atoms with Gasteiger partial charge in [-0.1, -0.05) is 41.9 Å². The molecule has 0 bridgehead atoms. The molecule has 0 aliphatic carbocycles. The molecule has 1 amide bonds. The number of nitrogens with two attached hydrogens (primary N) is 1. The molecule has 5 rings (SSSR count). The largest absolute Gasteiger partial charge is 0.497 e. The van der Waals surface area contributed by atoms with E-state index in [-0.39, 0.29) is 28.4 Å². The lowest BCUT2D eigenvalue weighted by atomic mass is 10.1. The molecule has 0 saturated carbocycles. The van der Waals surface area contributed by atoms with Crippen molar-refractivity contribution in [2.24, 2.45) is 0 Å². The van der Waals surface area contributed by atoms with E-state index in [1.54, 1.807) is 67.8 Å². The van der Waals surface area contributed by atoms with Crippen LogP contribution < -0.4 is 21.1 Å². The van der Waals surface area contributed by atoms with Crippen molar-refractivity contribution >= 4 is 46.2 Å². The summed E-state index contributed by atoms with van der Waals surface area (Å²) in [5.41, 5.74) is 8.97. The molecule has 0 saturated heterocycles. The summed E-state index contributed by atoms with van der Waals surface area (Å²) in [5.74, 6) is 0.480. The van der Waals surface area contributed by atoms with Gasteiger partial charge >= 0.3 is 0 Å². The molecule has 0 fully saturated rings. The van der Waals surface area contributed by atoms with Crippen LogP contribution in [0, 0.1) is 11.3 Å². The van der Waals surface area contributed by atoms with E-state index >= 15 is 0 Å². The van der Waals surface area contributed by atoms with E-state index in [0.717, 1.165) is 0 Å². The van der Waals surface area contributed by atoms with Crippen molar-refractivity contribution in [3.63, 3.8) is 0 Å². The normalized spacial score (nSPS) is 10.6. The molecule has 0 unspecified atom stereocenters. The maximum atomic E-state index is 13.6. The van der Waals surface area contributed by atoms with Gasteiger partial charge in [-0.05, 0) is 48.5 Å². The summed E-state index contributed by atoms with van der Waals surface area (Å²) in [6.45, 7) is 0. The summed E-state index contributed by atoms with van der Waals surface area (Å²) in [7, 11) is 1.58. The molecule has 5 aromatic rings. The van der Waals surface area contributed by atoms with E-state index in [9.17, 15) is 10.1 Å². The Bertz CT molecular complexity index is 1660. The second kappa shape index (κ2) is 9.89. The highest BCUT2D eigenvalue weighted by Gasteiger charge is 2.26. The predicted octanol–water partition coefficient (Wildman–Crippen LogP) is 5.51. The molecule has 0 radical (unpaired) electrons. The molecule has 0 aliphatic rings. The number of methoxy groups -OCH3 is 1. The zero-order chi connectivity index (χ0) is 25.9. The molecule has 4 N–H and O–H groups in total. The number of benzene rings is 3. The first kappa shape index (κ1) is 23.7. The van der Waals surface area contributed by atoms with Gasteiger partial charge in [0, 0.05) is 22.0 Å². The van der Waals surface area contributed by atoms with Gasteiger partial charge in [0.25, 0.3) is 5.91 Å². The molecule has 3 aromatic carbocycles. The van der Waals surface area contributed by atoms with Gasteiger partial charge in [0.15, 0.2) is 11.5 Å². The average Bonchev–Trinajstić information content (AvgIpc) is 3.28. The fourth-order valence-corrected chi connectivity index (χ4v) is 4.04. The van der Waals surface area contributed by atoms with E-state index in [1.807, 2.05) is 18.2 Å². The van der Waals surface area contributed by atoms with Crippen LogP contribution in [-0.2, 0) is 0 Å². The lowest BCUT2D eigenvalue weighted by molar-refractivity contribution is 0.102. The maximum Gasteiger partial charge on any atom is 0.263 e. The topological polar surface area (TPSA) is 130 Å². The number of halogens is 1. The minimum Gasteiger partial charge on any atom is -0.497 e. The molecule has 10 heteroatoms. The number of hydrogen-bond donors (Lipinski definition) is 3. The number of aromatic nitrogens is 3. The number of para-hydroxylation sites is 1. The Morgan fingerprint density at radius 2 is 1.81 bits per heavy atom. The fraction of sp³-hybridized carbons (Fsp3) is 0.0370. The number of carbonyl (C=O) groups excluding carboxylic acids is 1. The minimum absolute atomic E-state index is 0.0408. The molecule has 0 spiro atoms. The fourth-order valence-electron chi connectivity index (χ4n) is 3.85. The number of ether oxygens (including phenoxy) is 1. The molecule has 2 aromatic heterocycles. The number of nitriles is 1. The SMILES string of the molecule is COc1ccc(Nc2nn3c(N)c(C#N)c(-c4cccc(Cl)c4)nc3c2C(=O)Nc2ccccc2)cc1. The van der Waals surface area contributed by atoms with E-state index in [1.165, 1.54) is 4.52 Å². The van der Waals surface area contributed by atoms with Crippen molar-refractivity contribution in [2.75, 3.05) is 23.5 Å². The van der Waals surface area contributed by atoms with Gasteiger partial charge in [-0.2, -0.15) is 9.78 Å². The van der Waals surface area contributed by atoms with Crippen LogP contribution in [-0.4, -0.2) is 27.6 Å². The molecule has 0 aliphatic heterocycles. The second-order valence-corrected chi connectivity index (χ2v) is 8.41. The molecular formula is C27H20ClN7O2.